The molecule has 0 spiro atoms. The lowest BCUT2D eigenvalue weighted by atomic mass is 10.0. The van der Waals surface area contributed by atoms with Gasteiger partial charge in [0, 0.05) is 33.6 Å². The first kappa shape index (κ1) is 19.4. The summed E-state index contributed by atoms with van der Waals surface area (Å²) in [5.41, 5.74) is 9.05. The van der Waals surface area contributed by atoms with Crippen molar-refractivity contribution in [2.45, 2.75) is 0 Å². The molecule has 3 aromatic heterocycles. The first-order chi connectivity index (χ1) is 17.9. The molecule has 8 aromatic rings. The summed E-state index contributed by atoms with van der Waals surface area (Å²) in [6.45, 7) is 0. The van der Waals surface area contributed by atoms with Crippen LogP contribution in [0.15, 0.2) is 128 Å². The molecule has 0 atom stereocenters. The molecule has 0 fully saturated rings. The van der Waals surface area contributed by atoms with Gasteiger partial charge in [-0.15, -0.1) is 0 Å². The van der Waals surface area contributed by atoms with Crippen LogP contribution in [0.4, 0.5) is 0 Å². The van der Waals surface area contributed by atoms with E-state index in [2.05, 4.69) is 136 Å². The maximum absolute atomic E-state index is 5.08. The van der Waals surface area contributed by atoms with E-state index < -0.39 is 0 Å². The van der Waals surface area contributed by atoms with Crippen molar-refractivity contribution in [2.24, 2.45) is 0 Å². The van der Waals surface area contributed by atoms with Gasteiger partial charge in [-0.3, -0.25) is 4.40 Å². The summed E-state index contributed by atoms with van der Waals surface area (Å²) in [5.74, 6) is 0. The maximum Gasteiger partial charge on any atom is 0.145 e. The number of imidazole rings is 1. The molecule has 0 saturated carbocycles. The molecule has 0 bridgehead atoms. The highest BCUT2D eigenvalue weighted by atomic mass is 15.0. The molecular formula is C33H21N3. The molecule has 3 heterocycles. The molecule has 0 saturated heterocycles. The van der Waals surface area contributed by atoms with E-state index in [-0.39, 0.29) is 0 Å². The Hall–Kier alpha value is -4.89. The zero-order chi connectivity index (χ0) is 23.6. The Balaban J connectivity index is 1.48. The fraction of sp³-hybridized carbons (Fsp3) is 0. The number of benzene rings is 5. The molecule has 0 aliphatic heterocycles. The first-order valence-electron chi connectivity index (χ1n) is 12.2. The molecule has 5 aromatic carbocycles. The van der Waals surface area contributed by atoms with Crippen LogP contribution >= 0.6 is 0 Å². The van der Waals surface area contributed by atoms with Gasteiger partial charge < -0.3 is 4.57 Å². The van der Waals surface area contributed by atoms with Gasteiger partial charge >= 0.3 is 0 Å². The zero-order valence-electron chi connectivity index (χ0n) is 19.5. The number of hydrogen-bond donors (Lipinski definition) is 0. The Kier molecular flexibility index (Phi) is 3.94. The summed E-state index contributed by atoms with van der Waals surface area (Å²) >= 11 is 0. The van der Waals surface area contributed by atoms with Crippen molar-refractivity contribution in [1.29, 1.82) is 0 Å². The Morgan fingerprint density at radius 3 is 1.83 bits per heavy atom. The average molecular weight is 460 g/mol. The molecule has 0 aliphatic rings. The average Bonchev–Trinajstić information content (AvgIpc) is 3.48. The third-order valence-corrected chi connectivity index (χ3v) is 7.31. The van der Waals surface area contributed by atoms with Crippen LogP contribution in [-0.4, -0.2) is 14.0 Å². The van der Waals surface area contributed by atoms with Crippen molar-refractivity contribution in [1.82, 2.24) is 14.0 Å². The Morgan fingerprint density at radius 2 is 1.11 bits per heavy atom. The molecule has 0 radical (unpaired) electrons. The first-order valence-corrected chi connectivity index (χ1v) is 12.2. The number of pyridine rings is 1. The minimum absolute atomic E-state index is 0.986. The van der Waals surface area contributed by atoms with E-state index in [4.69, 9.17) is 4.98 Å². The third-order valence-electron chi connectivity index (χ3n) is 7.31. The lowest BCUT2D eigenvalue weighted by Crippen LogP contribution is -1.95. The van der Waals surface area contributed by atoms with Crippen LogP contribution in [0.1, 0.15) is 0 Å². The number of para-hydroxylation sites is 2. The topological polar surface area (TPSA) is 22.2 Å². The van der Waals surface area contributed by atoms with Gasteiger partial charge in [0.1, 0.15) is 5.65 Å². The van der Waals surface area contributed by atoms with Crippen LogP contribution in [0.25, 0.3) is 66.1 Å². The summed E-state index contributed by atoms with van der Waals surface area (Å²) < 4.78 is 4.63. The number of fused-ring (bicyclic) bond motifs is 8. The predicted molar refractivity (Wildman–Crippen MR) is 150 cm³/mol. The summed E-state index contributed by atoms with van der Waals surface area (Å²) in [7, 11) is 0. The van der Waals surface area contributed by atoms with Crippen molar-refractivity contribution in [2.75, 3.05) is 0 Å². The molecule has 0 unspecified atom stereocenters. The van der Waals surface area contributed by atoms with Gasteiger partial charge in [-0.05, 0) is 41.3 Å². The molecular weight excluding hydrogens is 438 g/mol. The molecule has 0 amide bonds. The zero-order valence-corrected chi connectivity index (χ0v) is 19.5. The van der Waals surface area contributed by atoms with Crippen molar-refractivity contribution >= 4 is 49.3 Å². The lowest BCUT2D eigenvalue weighted by Gasteiger charge is -2.10. The van der Waals surface area contributed by atoms with Crippen LogP contribution in [0.2, 0.25) is 0 Å². The van der Waals surface area contributed by atoms with Gasteiger partial charge in [-0.1, -0.05) is 91.0 Å². The number of nitrogens with zero attached hydrogens (tertiary/aromatic N) is 3. The number of rotatable bonds is 2. The van der Waals surface area contributed by atoms with Gasteiger partial charge in [0.2, 0.25) is 0 Å². The van der Waals surface area contributed by atoms with Gasteiger partial charge in [0.05, 0.1) is 22.1 Å². The van der Waals surface area contributed by atoms with E-state index in [1.165, 1.54) is 38.3 Å². The minimum atomic E-state index is 0.986. The highest BCUT2D eigenvalue weighted by Gasteiger charge is 2.16. The molecule has 3 nitrogen and oxygen atoms in total. The van der Waals surface area contributed by atoms with E-state index in [0.717, 1.165) is 27.8 Å². The molecule has 36 heavy (non-hydrogen) atoms. The molecule has 168 valence electrons. The number of hydrogen-bond acceptors (Lipinski definition) is 1. The Labute approximate surface area is 207 Å². The second kappa shape index (κ2) is 7.30. The van der Waals surface area contributed by atoms with E-state index >= 15 is 0 Å². The minimum Gasteiger partial charge on any atom is -0.309 e. The Morgan fingerprint density at radius 1 is 0.500 bits per heavy atom. The fourth-order valence-electron chi connectivity index (χ4n) is 5.70. The van der Waals surface area contributed by atoms with Gasteiger partial charge in [-0.2, -0.15) is 0 Å². The van der Waals surface area contributed by atoms with Gasteiger partial charge in [0.25, 0.3) is 0 Å². The SMILES string of the molecule is c1ccc(-c2cn3c4cc(-n5c6ccccc6c6ccccc65)ccc4nc3c3ccccc23)cc1. The molecule has 3 heteroatoms. The fourth-order valence-corrected chi connectivity index (χ4v) is 5.70. The van der Waals surface area contributed by atoms with Gasteiger partial charge in [0.15, 0.2) is 0 Å². The second-order valence-electron chi connectivity index (χ2n) is 9.30. The van der Waals surface area contributed by atoms with E-state index in [1.54, 1.807) is 0 Å². The van der Waals surface area contributed by atoms with Crippen LogP contribution in [0, 0.1) is 0 Å². The third kappa shape index (κ3) is 2.65. The van der Waals surface area contributed by atoms with E-state index in [1.807, 2.05) is 0 Å². The molecule has 8 rings (SSSR count). The second-order valence-corrected chi connectivity index (χ2v) is 9.30. The van der Waals surface area contributed by atoms with Crippen LogP contribution in [0.5, 0.6) is 0 Å². The summed E-state index contributed by atoms with van der Waals surface area (Å²) in [5, 5.41) is 4.91. The van der Waals surface area contributed by atoms with Crippen LogP contribution in [-0.2, 0) is 0 Å². The number of aromatic nitrogens is 3. The quantitative estimate of drug-likeness (QED) is 0.254. The smallest absolute Gasteiger partial charge is 0.145 e. The summed E-state index contributed by atoms with van der Waals surface area (Å²) in [6, 6.07) is 43.1. The van der Waals surface area contributed by atoms with Crippen molar-refractivity contribution in [3.63, 3.8) is 0 Å². The van der Waals surface area contributed by atoms with Crippen molar-refractivity contribution < 1.29 is 0 Å². The normalized spacial score (nSPS) is 11.9. The highest BCUT2D eigenvalue weighted by Crippen LogP contribution is 2.35. The largest absolute Gasteiger partial charge is 0.309 e. The standard InChI is InChI=1S/C33H21N3/c1-2-10-22(11-3-1)28-21-35-32-20-23(18-19-29(32)34-33(35)27-15-5-4-12-24(27)28)36-30-16-8-6-13-25(30)26-14-7-9-17-31(26)36/h1-21H. The monoisotopic (exact) mass is 459 g/mol. The van der Waals surface area contributed by atoms with Crippen molar-refractivity contribution in [3.05, 3.63) is 128 Å². The summed E-state index contributed by atoms with van der Waals surface area (Å²) in [6.07, 6.45) is 2.25. The van der Waals surface area contributed by atoms with Crippen molar-refractivity contribution in [3.8, 4) is 16.8 Å². The van der Waals surface area contributed by atoms with E-state index in [9.17, 15) is 0 Å². The van der Waals surface area contributed by atoms with Gasteiger partial charge in [-0.25, -0.2) is 4.98 Å². The Bertz CT molecular complexity index is 2040. The predicted octanol–water partition coefficient (Wildman–Crippen LogP) is 8.40. The molecule has 0 N–H and O–H groups in total. The highest BCUT2D eigenvalue weighted by molar-refractivity contribution is 6.10. The van der Waals surface area contributed by atoms with E-state index in [0.29, 0.717) is 0 Å². The van der Waals surface area contributed by atoms with Crippen LogP contribution in [0.3, 0.4) is 0 Å². The lowest BCUT2D eigenvalue weighted by molar-refractivity contribution is 1.18. The molecule has 0 aliphatic carbocycles. The summed E-state index contributed by atoms with van der Waals surface area (Å²) in [4.78, 5) is 5.08. The maximum atomic E-state index is 5.08. The van der Waals surface area contributed by atoms with Crippen LogP contribution < -0.4 is 0 Å².